The molecule has 1 aromatic rings. The third-order valence-corrected chi connectivity index (χ3v) is 4.31. The number of aromatic hydroxyl groups is 1. The minimum absolute atomic E-state index is 0.00997. The molecular weight excluding hydrogens is 301 g/mol. The highest BCUT2D eigenvalue weighted by Crippen LogP contribution is 2.23. The predicted molar refractivity (Wildman–Crippen MR) is 90.6 cm³/mol. The third-order valence-electron chi connectivity index (χ3n) is 4.10. The first-order valence-electron chi connectivity index (χ1n) is 7.57. The average molecular weight is 323 g/mol. The quantitative estimate of drug-likeness (QED) is 0.454. The van der Waals surface area contributed by atoms with Gasteiger partial charge in [-0.1, -0.05) is 19.8 Å². The maximum Gasteiger partial charge on any atom is 0.187 e. The van der Waals surface area contributed by atoms with Gasteiger partial charge in [-0.3, -0.25) is 5.43 Å². The highest BCUT2D eigenvalue weighted by molar-refractivity contribution is 7.80. The van der Waals surface area contributed by atoms with Crippen LogP contribution in [0, 0.1) is 11.7 Å². The molecule has 2 atom stereocenters. The molecule has 0 heterocycles. The fraction of sp³-hybridized carbons (Fsp3) is 0.500. The lowest BCUT2D eigenvalue weighted by Crippen LogP contribution is -2.44. The number of rotatable bonds is 3. The summed E-state index contributed by atoms with van der Waals surface area (Å²) in [4.78, 5) is 0. The number of halogens is 1. The molecule has 6 heteroatoms. The number of benzene rings is 1. The molecule has 0 aromatic heterocycles. The molecule has 0 unspecified atom stereocenters. The molecule has 0 radical (unpaired) electrons. The van der Waals surface area contributed by atoms with Crippen LogP contribution in [-0.2, 0) is 0 Å². The monoisotopic (exact) mass is 323 g/mol. The van der Waals surface area contributed by atoms with E-state index < -0.39 is 5.82 Å². The van der Waals surface area contributed by atoms with Gasteiger partial charge in [0, 0.05) is 11.6 Å². The van der Waals surface area contributed by atoms with Gasteiger partial charge < -0.3 is 10.4 Å². The van der Waals surface area contributed by atoms with Crippen molar-refractivity contribution < 1.29 is 9.50 Å². The van der Waals surface area contributed by atoms with Crippen molar-refractivity contribution in [2.75, 3.05) is 0 Å². The van der Waals surface area contributed by atoms with E-state index in [9.17, 15) is 9.50 Å². The predicted octanol–water partition coefficient (Wildman–Crippen LogP) is 3.30. The average Bonchev–Trinajstić information content (AvgIpc) is 2.49. The molecular formula is C16H22FN3OS. The van der Waals surface area contributed by atoms with Gasteiger partial charge in [-0.25, -0.2) is 4.39 Å². The van der Waals surface area contributed by atoms with Gasteiger partial charge in [0.25, 0.3) is 0 Å². The van der Waals surface area contributed by atoms with Crippen molar-refractivity contribution in [1.82, 2.24) is 10.7 Å². The summed E-state index contributed by atoms with van der Waals surface area (Å²) in [6, 6.07) is 4.13. The zero-order chi connectivity index (χ0) is 16.1. The zero-order valence-corrected chi connectivity index (χ0v) is 13.7. The molecule has 4 nitrogen and oxygen atoms in total. The second kappa shape index (κ2) is 7.54. The zero-order valence-electron chi connectivity index (χ0n) is 12.9. The van der Waals surface area contributed by atoms with Gasteiger partial charge in [-0.05, 0) is 56.1 Å². The molecule has 1 saturated carbocycles. The van der Waals surface area contributed by atoms with Crippen molar-refractivity contribution in [1.29, 1.82) is 0 Å². The highest BCUT2D eigenvalue weighted by Gasteiger charge is 2.21. The molecule has 0 aliphatic heterocycles. The normalized spacial score (nSPS) is 22.2. The Kier molecular flexibility index (Phi) is 5.71. The maximum atomic E-state index is 13.2. The molecule has 0 amide bonds. The summed E-state index contributed by atoms with van der Waals surface area (Å²) >= 11 is 5.25. The van der Waals surface area contributed by atoms with E-state index in [1.807, 2.05) is 0 Å². The Labute approximate surface area is 135 Å². The van der Waals surface area contributed by atoms with Crippen LogP contribution in [0.4, 0.5) is 4.39 Å². The van der Waals surface area contributed by atoms with Crippen molar-refractivity contribution in [3.05, 3.63) is 29.6 Å². The minimum Gasteiger partial charge on any atom is -0.507 e. The molecule has 0 bridgehead atoms. The molecule has 22 heavy (non-hydrogen) atoms. The number of phenols is 1. The Morgan fingerprint density at radius 2 is 2.09 bits per heavy atom. The van der Waals surface area contributed by atoms with Gasteiger partial charge in [0.2, 0.25) is 0 Å². The first-order valence-corrected chi connectivity index (χ1v) is 7.98. The van der Waals surface area contributed by atoms with Crippen LogP contribution >= 0.6 is 12.2 Å². The Morgan fingerprint density at radius 3 is 2.82 bits per heavy atom. The van der Waals surface area contributed by atoms with E-state index >= 15 is 0 Å². The molecule has 0 spiro atoms. The summed E-state index contributed by atoms with van der Waals surface area (Å²) < 4.78 is 13.2. The molecule has 1 fully saturated rings. The van der Waals surface area contributed by atoms with Crippen LogP contribution in [0.2, 0.25) is 0 Å². The van der Waals surface area contributed by atoms with Crippen LogP contribution in [0.15, 0.2) is 23.3 Å². The first kappa shape index (κ1) is 16.7. The number of hydrazone groups is 1. The van der Waals surface area contributed by atoms with Crippen LogP contribution in [-0.4, -0.2) is 22.0 Å². The van der Waals surface area contributed by atoms with Crippen LogP contribution in [0.5, 0.6) is 5.75 Å². The van der Waals surface area contributed by atoms with Gasteiger partial charge >= 0.3 is 0 Å². The topological polar surface area (TPSA) is 56.7 Å². The Hall–Kier alpha value is -1.69. The van der Waals surface area contributed by atoms with Crippen molar-refractivity contribution in [2.45, 2.75) is 45.6 Å². The number of thiocarbonyl (C=S) groups is 1. The van der Waals surface area contributed by atoms with Gasteiger partial charge in [-0.15, -0.1) is 0 Å². The Morgan fingerprint density at radius 1 is 1.36 bits per heavy atom. The Bertz CT molecular complexity index is 577. The molecule has 1 aliphatic carbocycles. The number of phenolic OH excluding ortho intramolecular Hbond substituents is 1. The summed E-state index contributed by atoms with van der Waals surface area (Å²) in [7, 11) is 0. The summed E-state index contributed by atoms with van der Waals surface area (Å²) in [5.41, 5.74) is 3.59. The summed E-state index contributed by atoms with van der Waals surface area (Å²) in [5.74, 6) is 0.161. The smallest absolute Gasteiger partial charge is 0.187 e. The van der Waals surface area contributed by atoms with Crippen LogP contribution in [0.1, 0.15) is 45.1 Å². The van der Waals surface area contributed by atoms with E-state index in [0.29, 0.717) is 28.3 Å². The second-order valence-electron chi connectivity index (χ2n) is 5.81. The highest BCUT2D eigenvalue weighted by atomic mass is 32.1. The number of hydrogen-bond acceptors (Lipinski definition) is 3. The largest absolute Gasteiger partial charge is 0.507 e. The van der Waals surface area contributed by atoms with Crippen molar-refractivity contribution in [3.8, 4) is 5.75 Å². The molecule has 0 saturated heterocycles. The van der Waals surface area contributed by atoms with Gasteiger partial charge in [-0.2, -0.15) is 5.10 Å². The van der Waals surface area contributed by atoms with E-state index in [2.05, 4.69) is 22.8 Å². The van der Waals surface area contributed by atoms with E-state index in [1.54, 1.807) is 6.92 Å². The lowest BCUT2D eigenvalue weighted by Gasteiger charge is -2.30. The van der Waals surface area contributed by atoms with Gasteiger partial charge in [0.05, 0.1) is 5.71 Å². The summed E-state index contributed by atoms with van der Waals surface area (Å²) in [5, 5.41) is 17.6. The van der Waals surface area contributed by atoms with Crippen molar-refractivity contribution in [2.24, 2.45) is 11.0 Å². The van der Waals surface area contributed by atoms with Crippen molar-refractivity contribution in [3.63, 3.8) is 0 Å². The molecule has 1 aliphatic rings. The molecule has 2 rings (SSSR count). The van der Waals surface area contributed by atoms with Crippen LogP contribution in [0.3, 0.4) is 0 Å². The molecule has 3 N–H and O–H groups in total. The number of nitrogens with one attached hydrogen (secondary N) is 2. The van der Waals surface area contributed by atoms with Crippen LogP contribution < -0.4 is 10.7 Å². The maximum absolute atomic E-state index is 13.2. The van der Waals surface area contributed by atoms with Gasteiger partial charge in [0.1, 0.15) is 11.6 Å². The fourth-order valence-electron chi connectivity index (χ4n) is 2.72. The second-order valence-corrected chi connectivity index (χ2v) is 6.22. The molecule has 120 valence electrons. The van der Waals surface area contributed by atoms with Gasteiger partial charge in [0.15, 0.2) is 5.11 Å². The Balaban J connectivity index is 1.95. The fourth-order valence-corrected chi connectivity index (χ4v) is 2.92. The van der Waals surface area contributed by atoms with E-state index in [0.717, 1.165) is 6.42 Å². The summed E-state index contributed by atoms with van der Waals surface area (Å²) in [6.07, 6.45) is 4.80. The molecule has 1 aromatic carbocycles. The summed E-state index contributed by atoms with van der Waals surface area (Å²) in [6.45, 7) is 3.91. The third kappa shape index (κ3) is 4.40. The van der Waals surface area contributed by atoms with E-state index in [-0.39, 0.29) is 5.75 Å². The SMILES string of the molecule is C/C(=N\NC(=S)N[C@@H]1CCCC[C@@H]1C)c1cc(F)ccc1O. The van der Waals surface area contributed by atoms with Crippen LogP contribution in [0.25, 0.3) is 0 Å². The lowest BCUT2D eigenvalue weighted by molar-refractivity contribution is 0.308. The minimum atomic E-state index is -0.418. The van der Waals surface area contributed by atoms with Crippen molar-refractivity contribution >= 4 is 23.0 Å². The first-order chi connectivity index (χ1) is 10.5. The lowest BCUT2D eigenvalue weighted by atomic mass is 9.86. The number of hydrogen-bond donors (Lipinski definition) is 3. The standard InChI is InChI=1S/C16H22FN3OS/c1-10-5-3-4-6-14(10)18-16(22)20-19-11(2)13-9-12(17)7-8-15(13)21/h7-10,14,21H,3-6H2,1-2H3,(H2,18,20,22)/b19-11+/t10-,14+/m0/s1. The van der Waals surface area contributed by atoms with E-state index in [1.165, 1.54) is 37.5 Å². The number of nitrogens with zero attached hydrogens (tertiary/aromatic N) is 1. The van der Waals surface area contributed by atoms with E-state index in [4.69, 9.17) is 12.2 Å².